The van der Waals surface area contributed by atoms with Crippen LogP contribution in [0.15, 0.2) is 0 Å². The van der Waals surface area contributed by atoms with E-state index in [2.05, 4.69) is 25.8 Å². The third-order valence-corrected chi connectivity index (χ3v) is 3.80. The van der Waals surface area contributed by atoms with Crippen molar-refractivity contribution in [1.29, 1.82) is 0 Å². The van der Waals surface area contributed by atoms with Gasteiger partial charge in [0.25, 0.3) is 5.97 Å². The molecule has 0 radical (unpaired) electrons. The van der Waals surface area contributed by atoms with Gasteiger partial charge in [0.2, 0.25) is 0 Å². The van der Waals surface area contributed by atoms with Crippen LogP contribution >= 0.6 is 6.72 Å². The van der Waals surface area contributed by atoms with Crippen LogP contribution in [0.4, 0.5) is 0 Å². The summed E-state index contributed by atoms with van der Waals surface area (Å²) in [6.45, 7) is -4.84. The summed E-state index contributed by atoms with van der Waals surface area (Å²) in [5.41, 5.74) is 0. The molecule has 8 N–H and O–H groups in total. The molecule has 0 unspecified atom stereocenters. The first-order valence-electron chi connectivity index (χ1n) is 6.57. The minimum absolute atomic E-state index is 0.200. The summed E-state index contributed by atoms with van der Waals surface area (Å²) in [4.78, 5) is 17.5. The summed E-state index contributed by atoms with van der Waals surface area (Å²) in [5.74, 6) is -2.34. The number of hydrogen-bond donors (Lipinski definition) is 8. The summed E-state index contributed by atoms with van der Waals surface area (Å²) in [6, 6.07) is 0. The maximum Gasteiger partial charge on any atom is 0.326 e. The highest BCUT2D eigenvalue weighted by atomic mass is 32.5. The molecule has 2 fully saturated rings. The first-order valence-corrected chi connectivity index (χ1v) is 9.20. The Bertz CT molecular complexity index is 420. The van der Waals surface area contributed by atoms with Gasteiger partial charge in [0.05, 0.1) is 31.8 Å². The van der Waals surface area contributed by atoms with Crippen molar-refractivity contribution in [1.82, 2.24) is 0 Å². The number of aliphatic hydroxyl groups is 6. The Morgan fingerprint density at radius 2 is 1.65 bits per heavy atom. The van der Waals surface area contributed by atoms with Crippen molar-refractivity contribution in [2.24, 2.45) is 0 Å². The van der Waals surface area contributed by atoms with Crippen molar-refractivity contribution in [2.45, 2.75) is 49.5 Å². The van der Waals surface area contributed by atoms with Crippen molar-refractivity contribution in [3.05, 3.63) is 0 Å². The van der Waals surface area contributed by atoms with Gasteiger partial charge in [-0.1, -0.05) is 0 Å². The minimum atomic E-state index is -4.08. The van der Waals surface area contributed by atoms with Crippen LogP contribution in [0.5, 0.6) is 0 Å². The average Bonchev–Trinajstić information content (AvgIpc) is 2.86. The van der Waals surface area contributed by atoms with Crippen LogP contribution in [0, 0.1) is 0 Å². The molecule has 2 aliphatic heterocycles. The first-order chi connectivity index (χ1) is 10.5. The van der Waals surface area contributed by atoms with Gasteiger partial charge in [0, 0.05) is 6.42 Å². The Labute approximate surface area is 136 Å². The lowest BCUT2D eigenvalue weighted by molar-refractivity contribution is -0.312. The van der Waals surface area contributed by atoms with Crippen LogP contribution in [0.1, 0.15) is 12.8 Å². The Morgan fingerprint density at radius 1 is 1.09 bits per heavy atom. The molecule has 23 heavy (non-hydrogen) atoms. The second kappa shape index (κ2) is 8.54. The lowest BCUT2D eigenvalue weighted by Crippen LogP contribution is -2.31. The fourth-order valence-corrected chi connectivity index (χ4v) is 2.87. The number of aliphatic hydroxyl groups excluding tert-OH is 5. The Balaban J connectivity index is 0.000000253. The van der Waals surface area contributed by atoms with Crippen LogP contribution in [-0.4, -0.2) is 90.3 Å². The third kappa shape index (κ3) is 6.92. The van der Waals surface area contributed by atoms with E-state index in [1.165, 1.54) is 0 Å². The van der Waals surface area contributed by atoms with Gasteiger partial charge in [0.15, 0.2) is 6.29 Å². The largest absolute Gasteiger partial charge is 0.394 e. The zero-order valence-electron chi connectivity index (χ0n) is 11.9. The molecule has 0 aromatic heterocycles. The molecule has 0 aliphatic carbocycles. The van der Waals surface area contributed by atoms with E-state index in [1.807, 2.05) is 0 Å². The summed E-state index contributed by atoms with van der Waals surface area (Å²) in [5, 5.41) is 53.4. The van der Waals surface area contributed by atoms with E-state index in [-0.39, 0.29) is 13.0 Å². The quantitative estimate of drug-likeness (QED) is 0.177. The van der Waals surface area contributed by atoms with Gasteiger partial charge in [-0.15, -0.1) is 0 Å². The van der Waals surface area contributed by atoms with Crippen LogP contribution in [0.2, 0.25) is 0 Å². The van der Waals surface area contributed by atoms with Gasteiger partial charge < -0.3 is 49.9 Å². The summed E-state index contributed by atoms with van der Waals surface area (Å²) < 4.78 is 13.6. The molecule has 0 aromatic carbocycles. The second-order valence-corrected chi connectivity index (χ2v) is 7.61. The number of ether oxygens (including phenoxy) is 2. The smallest absolute Gasteiger partial charge is 0.326 e. The van der Waals surface area contributed by atoms with Gasteiger partial charge in [-0.3, -0.25) is 0 Å². The normalized spacial score (nSPS) is 40.8. The fourth-order valence-electron chi connectivity index (χ4n) is 2.03. The Morgan fingerprint density at radius 3 is 1.96 bits per heavy atom. The zero-order valence-corrected chi connectivity index (χ0v) is 13.6. The monoisotopic (exact) mass is 380 g/mol. The molecule has 6 atom stereocenters. The van der Waals surface area contributed by atoms with Crippen LogP contribution in [0.3, 0.4) is 0 Å². The molecule has 0 spiro atoms. The zero-order chi connectivity index (χ0) is 17.8. The highest BCUT2D eigenvalue weighted by Gasteiger charge is 2.48. The lowest BCUT2D eigenvalue weighted by atomic mass is 10.2. The van der Waals surface area contributed by atoms with Crippen LogP contribution in [0.25, 0.3) is 0 Å². The Kier molecular flexibility index (Phi) is 7.89. The highest BCUT2D eigenvalue weighted by Crippen LogP contribution is 2.45. The van der Waals surface area contributed by atoms with E-state index in [1.54, 1.807) is 0 Å². The van der Waals surface area contributed by atoms with E-state index in [0.29, 0.717) is 0 Å². The molecule has 2 heterocycles. The van der Waals surface area contributed by atoms with Crippen molar-refractivity contribution in [3.8, 4) is 0 Å². The fraction of sp³-hybridized carbons (Fsp3) is 1.00. The van der Waals surface area contributed by atoms with Crippen molar-refractivity contribution in [3.63, 3.8) is 0 Å². The SMILES string of the molecule is OC[C@H]1O[C@H](O)C[C@@H]1O.OC[C@H]1O[C@](O)(OP(O)(O)=S)C[C@@H]1O. The van der Waals surface area contributed by atoms with Gasteiger partial charge in [-0.2, -0.15) is 0 Å². The molecular weight excluding hydrogens is 359 g/mol. The van der Waals surface area contributed by atoms with E-state index >= 15 is 0 Å². The van der Waals surface area contributed by atoms with Crippen LogP contribution < -0.4 is 0 Å². The lowest BCUT2D eigenvalue weighted by Gasteiger charge is -2.23. The summed E-state index contributed by atoms with van der Waals surface area (Å²) >= 11 is 4.12. The van der Waals surface area contributed by atoms with E-state index in [4.69, 9.17) is 30.2 Å². The molecule has 2 saturated heterocycles. The summed E-state index contributed by atoms with van der Waals surface area (Å²) in [7, 11) is 0. The molecular formula is C10H21O11PS. The number of rotatable bonds is 4. The maximum atomic E-state index is 9.42. The van der Waals surface area contributed by atoms with Gasteiger partial charge >= 0.3 is 6.72 Å². The van der Waals surface area contributed by atoms with E-state index < -0.39 is 56.4 Å². The van der Waals surface area contributed by atoms with E-state index in [0.717, 1.165) is 0 Å². The molecule has 0 bridgehead atoms. The van der Waals surface area contributed by atoms with Gasteiger partial charge in [-0.25, -0.2) is 4.52 Å². The predicted octanol–water partition coefficient (Wildman–Crippen LogP) is -3.55. The average molecular weight is 380 g/mol. The third-order valence-electron chi connectivity index (χ3n) is 3.06. The van der Waals surface area contributed by atoms with Gasteiger partial charge in [0.1, 0.15) is 12.2 Å². The molecule has 13 heteroatoms. The highest BCUT2D eigenvalue weighted by molar-refractivity contribution is 8.06. The second-order valence-electron chi connectivity index (χ2n) is 5.02. The predicted molar refractivity (Wildman–Crippen MR) is 75.9 cm³/mol. The molecule has 0 saturated carbocycles. The van der Waals surface area contributed by atoms with Gasteiger partial charge in [-0.05, 0) is 11.8 Å². The topological polar surface area (TPSA) is 190 Å². The molecule has 2 rings (SSSR count). The standard InChI is InChI=1S/C5H11O7PS.C5H10O4/c6-2-4-3(7)1-5(8,11-4)12-13(9,10)14;6-2-4-3(7)1-5(8)9-4/h3-4,6-8H,1-2H2,(H2,9,10,14);3-8H,1-2H2/t2*3-,4+,5-/m00/s1. The molecule has 2 aliphatic rings. The Hall–Kier alpha value is 0.210. The van der Waals surface area contributed by atoms with Crippen LogP contribution in [-0.2, 0) is 25.8 Å². The molecule has 0 amide bonds. The molecule has 138 valence electrons. The minimum Gasteiger partial charge on any atom is -0.394 e. The first kappa shape index (κ1) is 21.3. The molecule has 0 aromatic rings. The molecule has 11 nitrogen and oxygen atoms in total. The maximum absolute atomic E-state index is 9.42. The summed E-state index contributed by atoms with van der Waals surface area (Å²) in [6.07, 6.45) is -4.60. The van der Waals surface area contributed by atoms with E-state index in [9.17, 15) is 10.2 Å². The van der Waals surface area contributed by atoms with Crippen molar-refractivity contribution in [2.75, 3.05) is 13.2 Å². The number of hydrogen-bond acceptors (Lipinski definition) is 10. The van der Waals surface area contributed by atoms with Crippen molar-refractivity contribution >= 4 is 18.5 Å². The van der Waals surface area contributed by atoms with Crippen molar-refractivity contribution < 1.29 is 54.4 Å².